The van der Waals surface area contributed by atoms with E-state index < -0.39 is 174 Å². The first-order chi connectivity index (χ1) is 36.6. The minimum Gasteiger partial charge on any atom is -0.394 e. The van der Waals surface area contributed by atoms with E-state index in [2.05, 4.69) is 26.1 Å². The summed E-state index contributed by atoms with van der Waals surface area (Å²) in [6.07, 6.45) is -22.7. The Balaban J connectivity index is 0.916. The van der Waals surface area contributed by atoms with Gasteiger partial charge >= 0.3 is 0 Å². The van der Waals surface area contributed by atoms with Crippen molar-refractivity contribution in [2.75, 3.05) is 46.8 Å². The topological polar surface area (TPSA) is 395 Å². The predicted molar refractivity (Wildman–Crippen MR) is 261 cm³/mol. The van der Waals surface area contributed by atoms with Crippen LogP contribution >= 0.6 is 0 Å². The van der Waals surface area contributed by atoms with E-state index >= 15 is 0 Å². The van der Waals surface area contributed by atoms with E-state index in [1.807, 2.05) is 7.11 Å². The smallest absolute Gasteiger partial charge is 0.220 e. The summed E-state index contributed by atoms with van der Waals surface area (Å²) in [4.78, 5) is 14.0. The van der Waals surface area contributed by atoms with Gasteiger partial charge in [-0.3, -0.25) is 4.79 Å². The summed E-state index contributed by atoms with van der Waals surface area (Å²) in [7, 11) is 1.83. The first kappa shape index (κ1) is 61.6. The summed E-state index contributed by atoms with van der Waals surface area (Å²) in [5.74, 6) is 2.90. The average Bonchev–Trinajstić information content (AvgIpc) is 3.87. The highest BCUT2D eigenvalue weighted by molar-refractivity contribution is 5.76. The van der Waals surface area contributed by atoms with E-state index in [-0.39, 0.29) is 17.8 Å². The largest absolute Gasteiger partial charge is 0.394 e. The lowest BCUT2D eigenvalue weighted by Crippen LogP contribution is -2.65. The van der Waals surface area contributed by atoms with Crippen LogP contribution in [0.25, 0.3) is 0 Å². The second-order valence-corrected chi connectivity index (χ2v) is 24.0. The van der Waals surface area contributed by atoms with E-state index in [9.17, 15) is 76.3 Å². The number of fused-ring (bicyclic) bond motifs is 5. The molecule has 4 aliphatic carbocycles. The summed E-state index contributed by atoms with van der Waals surface area (Å²) < 4.78 is 51.5. The molecule has 4 saturated heterocycles. The number of aliphatic hydroxyl groups is 14. The van der Waals surface area contributed by atoms with Crippen molar-refractivity contribution in [3.05, 3.63) is 0 Å². The molecule has 4 aliphatic heterocycles. The number of methoxy groups -OCH3 is 1. The number of amides is 1. The standard InChI is InChI=1S/C52H89NO24/c1-22(27-8-9-28-26-7-6-23-15-25(69-4)11-13-51(23,2)29(26)12-14-52(27,28)3)5-10-34(58)53-24(20-70-47-43(67)39(63)45(32(18-56)74-47)76-49-41(65)37(61)35(59)30(16-54)72-49)21-71-48-44(68)40(64)46(33(19-57)75-48)77-50-42(66)38(62)36(60)31(17-55)73-50/h22-33,35-50,54-57,59-68H,5-21H2,1-4H3,(H,53,58)/t22-,23-,24?,25-,26+,27-,28+,29+,30?,31?,32?,33?,35-,36-,37+,38+,39-,40-,41?,42?,43?,44?,45-,46-,47-,48-,49-,50+,51+,52-/m1/s1. The SMILES string of the molecule is CO[C@@H]1CC[C@@]2(C)[C@H](CC[C@@H]3[C@@H]2CC[C@]2(C)[C@@H]([C@H](C)CCC(=O)NC(CO[C@@H]4OC(CO)[C@@H](O[C@H]5OC(CO)[C@@H](O)[C@H](O)C5O)[C@H](O)C4O)CO[C@@H]4OC(CO)[C@@H](O[C@@H]5OC(CO)[C@@H](O)[C@H](O)C5O)[C@H](O)C4O)CC[C@@H]32)C1. The fraction of sp³-hybridized carbons (Fsp3) is 0.981. The molecule has 4 saturated carbocycles. The average molecular weight is 1110 g/mol. The summed E-state index contributed by atoms with van der Waals surface area (Å²) in [5.41, 5.74) is 0.470. The van der Waals surface area contributed by atoms with Gasteiger partial charge in [0.25, 0.3) is 0 Å². The van der Waals surface area contributed by atoms with Crippen molar-refractivity contribution in [1.29, 1.82) is 0 Å². The van der Waals surface area contributed by atoms with Gasteiger partial charge in [-0.2, -0.15) is 0 Å². The molecule has 4 heterocycles. The zero-order valence-corrected chi connectivity index (χ0v) is 44.5. The van der Waals surface area contributed by atoms with Crippen LogP contribution in [-0.2, 0) is 47.4 Å². The Morgan fingerprint density at radius 2 is 1.03 bits per heavy atom. The Morgan fingerprint density at radius 3 is 1.52 bits per heavy atom. The zero-order chi connectivity index (χ0) is 55.8. The van der Waals surface area contributed by atoms with Gasteiger partial charge in [0.05, 0.1) is 51.8 Å². The molecule has 8 fully saturated rings. The Morgan fingerprint density at radius 1 is 0.558 bits per heavy atom. The molecule has 8 rings (SSSR count). The molecule has 8 aliphatic rings. The maximum absolute atomic E-state index is 14.0. The van der Waals surface area contributed by atoms with Crippen molar-refractivity contribution < 1.29 is 119 Å². The summed E-state index contributed by atoms with van der Waals surface area (Å²) in [5, 5.41) is 150. The van der Waals surface area contributed by atoms with Gasteiger partial charge in [-0.25, -0.2) is 0 Å². The molecule has 0 bridgehead atoms. The van der Waals surface area contributed by atoms with Crippen molar-refractivity contribution in [3.8, 4) is 0 Å². The summed E-state index contributed by atoms with van der Waals surface area (Å²) in [6.45, 7) is 3.00. The maximum atomic E-state index is 14.0. The van der Waals surface area contributed by atoms with Crippen molar-refractivity contribution in [2.45, 2.75) is 226 Å². The molecule has 25 nitrogen and oxygen atoms in total. The minimum absolute atomic E-state index is 0.108. The van der Waals surface area contributed by atoms with Gasteiger partial charge in [0.1, 0.15) is 97.7 Å². The van der Waals surface area contributed by atoms with Gasteiger partial charge < -0.3 is 119 Å². The third-order valence-electron chi connectivity index (χ3n) is 19.7. The molecule has 1 amide bonds. The fourth-order valence-electron chi connectivity index (χ4n) is 15.2. The predicted octanol–water partition coefficient (Wildman–Crippen LogP) is -4.16. The Hall–Kier alpha value is -1.45. The molecule has 0 spiro atoms. The minimum atomic E-state index is -1.91. The zero-order valence-electron chi connectivity index (χ0n) is 44.5. The number of hydrogen-bond acceptors (Lipinski definition) is 24. The molecule has 446 valence electrons. The van der Waals surface area contributed by atoms with E-state index in [4.69, 9.17) is 42.6 Å². The van der Waals surface area contributed by atoms with Crippen LogP contribution < -0.4 is 5.32 Å². The molecule has 0 aromatic carbocycles. The highest BCUT2D eigenvalue weighted by atomic mass is 16.8. The number of nitrogens with one attached hydrogen (secondary N) is 1. The first-order valence-electron chi connectivity index (χ1n) is 27.9. The highest BCUT2D eigenvalue weighted by Crippen LogP contribution is 2.68. The van der Waals surface area contributed by atoms with Crippen LogP contribution in [0.15, 0.2) is 0 Å². The molecule has 15 N–H and O–H groups in total. The third-order valence-corrected chi connectivity index (χ3v) is 19.7. The lowest BCUT2D eigenvalue weighted by atomic mass is 9.44. The number of rotatable bonds is 20. The molecule has 0 aromatic rings. The summed E-state index contributed by atoms with van der Waals surface area (Å²) in [6, 6.07) is -1.12. The second kappa shape index (κ2) is 26.0. The second-order valence-electron chi connectivity index (χ2n) is 24.0. The van der Waals surface area contributed by atoms with E-state index in [0.717, 1.165) is 25.7 Å². The third kappa shape index (κ3) is 12.4. The van der Waals surface area contributed by atoms with Crippen LogP contribution in [0, 0.1) is 46.3 Å². The van der Waals surface area contributed by atoms with Crippen molar-refractivity contribution in [1.82, 2.24) is 5.32 Å². The van der Waals surface area contributed by atoms with Crippen LogP contribution in [0.3, 0.4) is 0 Å². The Labute approximate surface area is 448 Å². The lowest BCUT2D eigenvalue weighted by molar-refractivity contribution is -0.362. The van der Waals surface area contributed by atoms with Crippen LogP contribution in [-0.4, -0.2) is 259 Å². The first-order valence-corrected chi connectivity index (χ1v) is 27.9. The van der Waals surface area contributed by atoms with Crippen LogP contribution in [0.2, 0.25) is 0 Å². The number of ether oxygens (including phenoxy) is 9. The molecule has 77 heavy (non-hydrogen) atoms. The molecule has 30 atom stereocenters. The van der Waals surface area contributed by atoms with Gasteiger partial charge in [-0.15, -0.1) is 0 Å². The van der Waals surface area contributed by atoms with Crippen molar-refractivity contribution >= 4 is 5.91 Å². The number of aliphatic hydroxyl groups excluding tert-OH is 14. The van der Waals surface area contributed by atoms with E-state index in [1.165, 1.54) is 32.1 Å². The lowest BCUT2D eigenvalue weighted by Gasteiger charge is -2.61. The number of carbonyl (C=O) groups excluding carboxylic acids is 1. The van der Waals surface area contributed by atoms with Crippen LogP contribution in [0.1, 0.15) is 91.4 Å². The van der Waals surface area contributed by atoms with E-state index in [1.54, 1.807) is 0 Å². The molecular formula is C52H89NO24. The molecule has 25 heteroatoms. The fourth-order valence-corrected chi connectivity index (χ4v) is 15.2. The number of carbonyl (C=O) groups is 1. The van der Waals surface area contributed by atoms with Gasteiger partial charge in [0.15, 0.2) is 25.2 Å². The van der Waals surface area contributed by atoms with Crippen molar-refractivity contribution in [3.63, 3.8) is 0 Å². The summed E-state index contributed by atoms with van der Waals surface area (Å²) >= 11 is 0. The maximum Gasteiger partial charge on any atom is 0.220 e. The van der Waals surface area contributed by atoms with Gasteiger partial charge in [0.2, 0.25) is 5.91 Å². The quantitative estimate of drug-likeness (QED) is 0.0550. The highest BCUT2D eigenvalue weighted by Gasteiger charge is 2.61. The van der Waals surface area contributed by atoms with E-state index in [0.29, 0.717) is 47.5 Å². The molecule has 0 aromatic heterocycles. The van der Waals surface area contributed by atoms with Gasteiger partial charge in [-0.05, 0) is 111 Å². The van der Waals surface area contributed by atoms with Crippen LogP contribution in [0.4, 0.5) is 0 Å². The monoisotopic (exact) mass is 1110 g/mol. The van der Waals surface area contributed by atoms with Crippen LogP contribution in [0.5, 0.6) is 0 Å². The number of hydrogen-bond donors (Lipinski definition) is 15. The Kier molecular flexibility index (Phi) is 20.8. The molecule has 0 radical (unpaired) electrons. The Bertz CT molecular complexity index is 1800. The molecular weight excluding hydrogens is 1020 g/mol. The normalized spacial score (nSPS) is 50.0. The van der Waals surface area contributed by atoms with Gasteiger partial charge in [0, 0.05) is 13.5 Å². The van der Waals surface area contributed by atoms with Crippen molar-refractivity contribution in [2.24, 2.45) is 46.3 Å². The molecule has 9 unspecified atom stereocenters. The van der Waals surface area contributed by atoms with Gasteiger partial charge in [-0.1, -0.05) is 20.8 Å².